The lowest BCUT2D eigenvalue weighted by Crippen LogP contribution is -1.94. The van der Waals surface area contributed by atoms with Gasteiger partial charge in [-0.1, -0.05) is 29.8 Å². The quantitative estimate of drug-likeness (QED) is 0.327. The molecule has 0 amide bonds. The molecule has 0 saturated heterocycles. The van der Waals surface area contributed by atoms with Gasteiger partial charge in [0.15, 0.2) is 0 Å². The third kappa shape index (κ3) is 3.49. The van der Waals surface area contributed by atoms with Crippen LogP contribution in [0.5, 0.6) is 0 Å². The van der Waals surface area contributed by atoms with Crippen LogP contribution < -0.4 is 5.43 Å². The van der Waals surface area contributed by atoms with Crippen molar-refractivity contribution in [2.45, 2.75) is 6.92 Å². The van der Waals surface area contributed by atoms with E-state index in [0.717, 1.165) is 16.5 Å². The highest BCUT2D eigenvalue weighted by Gasteiger charge is 2.05. The van der Waals surface area contributed by atoms with E-state index in [0.29, 0.717) is 16.4 Å². The average molecular weight is 341 g/mol. The van der Waals surface area contributed by atoms with Gasteiger partial charge in [-0.2, -0.15) is 5.10 Å². The summed E-state index contributed by atoms with van der Waals surface area (Å²) in [6, 6.07) is 13.9. The summed E-state index contributed by atoms with van der Waals surface area (Å²) in [6.45, 7) is 1.99. The summed E-state index contributed by atoms with van der Waals surface area (Å²) in [6.07, 6.45) is 1.54. The van der Waals surface area contributed by atoms with Crippen molar-refractivity contribution < 1.29 is 4.92 Å². The van der Waals surface area contributed by atoms with Gasteiger partial charge in [0, 0.05) is 23.1 Å². The Morgan fingerprint density at radius 3 is 2.88 bits per heavy atom. The van der Waals surface area contributed by atoms with Crippen molar-refractivity contribution in [2.75, 3.05) is 5.43 Å². The molecule has 2 aromatic carbocycles. The maximum Gasteiger partial charge on any atom is 0.271 e. The van der Waals surface area contributed by atoms with Gasteiger partial charge in [0.2, 0.25) is 0 Å². The number of pyridine rings is 1. The first kappa shape index (κ1) is 15.9. The zero-order chi connectivity index (χ0) is 17.1. The minimum Gasteiger partial charge on any atom is -0.278 e. The lowest BCUT2D eigenvalue weighted by Gasteiger charge is -2.03. The number of nitrogens with one attached hydrogen (secondary N) is 1. The number of nitro benzene ring substituents is 1. The fraction of sp³-hybridized carbons (Fsp3) is 0.0588. The first-order valence-corrected chi connectivity index (χ1v) is 7.51. The molecular formula is C17H13ClN4O2. The number of halogens is 1. The third-order valence-corrected chi connectivity index (χ3v) is 3.71. The van der Waals surface area contributed by atoms with Crippen molar-refractivity contribution >= 4 is 40.1 Å². The average Bonchev–Trinajstić information content (AvgIpc) is 2.55. The van der Waals surface area contributed by atoms with Crippen molar-refractivity contribution in [3.63, 3.8) is 0 Å². The zero-order valence-corrected chi connectivity index (χ0v) is 13.5. The van der Waals surface area contributed by atoms with E-state index in [-0.39, 0.29) is 5.69 Å². The van der Waals surface area contributed by atoms with E-state index in [2.05, 4.69) is 15.5 Å². The Morgan fingerprint density at radius 2 is 2.08 bits per heavy atom. The molecular weight excluding hydrogens is 328 g/mol. The Bertz CT molecular complexity index is 956. The Kier molecular flexibility index (Phi) is 4.39. The maximum atomic E-state index is 10.8. The molecule has 0 aliphatic rings. The highest BCUT2D eigenvalue weighted by molar-refractivity contribution is 6.32. The topological polar surface area (TPSA) is 80.4 Å². The van der Waals surface area contributed by atoms with Crippen LogP contribution in [0.1, 0.15) is 11.1 Å². The summed E-state index contributed by atoms with van der Waals surface area (Å²) in [5.74, 6) is 0. The van der Waals surface area contributed by atoms with E-state index < -0.39 is 4.92 Å². The van der Waals surface area contributed by atoms with Crippen LogP contribution in [-0.2, 0) is 0 Å². The van der Waals surface area contributed by atoms with Crippen LogP contribution >= 0.6 is 11.6 Å². The second-order valence-corrected chi connectivity index (χ2v) is 5.60. The fourth-order valence-electron chi connectivity index (χ4n) is 2.23. The van der Waals surface area contributed by atoms with Gasteiger partial charge >= 0.3 is 0 Å². The number of nitro groups is 1. The molecule has 3 rings (SSSR count). The number of non-ortho nitro benzene ring substituents is 1. The number of hydrazone groups is 1. The lowest BCUT2D eigenvalue weighted by molar-refractivity contribution is -0.384. The first-order chi connectivity index (χ1) is 11.5. The van der Waals surface area contributed by atoms with Gasteiger partial charge in [-0.25, -0.2) is 4.98 Å². The number of aryl methyl sites for hydroxylation is 1. The molecule has 1 N–H and O–H groups in total. The van der Waals surface area contributed by atoms with Gasteiger partial charge < -0.3 is 0 Å². The SMILES string of the molecule is Cc1ccc2cc(/C=N/Nc3cccc([N+](=O)[O-])c3)c(Cl)nc2c1. The number of aromatic nitrogens is 1. The number of anilines is 1. The van der Waals surface area contributed by atoms with Crippen molar-refractivity contribution in [3.8, 4) is 0 Å². The molecule has 1 heterocycles. The van der Waals surface area contributed by atoms with Gasteiger partial charge in [-0.05, 0) is 30.7 Å². The van der Waals surface area contributed by atoms with Crippen LogP contribution in [0.15, 0.2) is 53.6 Å². The summed E-state index contributed by atoms with van der Waals surface area (Å²) in [7, 11) is 0. The second-order valence-electron chi connectivity index (χ2n) is 5.24. The molecule has 0 radical (unpaired) electrons. The number of fused-ring (bicyclic) bond motifs is 1. The molecule has 6 nitrogen and oxygen atoms in total. The number of benzene rings is 2. The highest BCUT2D eigenvalue weighted by Crippen LogP contribution is 2.21. The van der Waals surface area contributed by atoms with Crippen molar-refractivity contribution in [1.82, 2.24) is 4.98 Å². The molecule has 1 aromatic heterocycles. The van der Waals surface area contributed by atoms with E-state index in [1.807, 2.05) is 31.2 Å². The van der Waals surface area contributed by atoms with Crippen LogP contribution in [-0.4, -0.2) is 16.1 Å². The summed E-state index contributed by atoms with van der Waals surface area (Å²) in [5.41, 5.74) is 5.85. The van der Waals surface area contributed by atoms with E-state index in [9.17, 15) is 10.1 Å². The number of hydrogen-bond acceptors (Lipinski definition) is 5. The predicted molar refractivity (Wildman–Crippen MR) is 95.8 cm³/mol. The van der Waals surface area contributed by atoms with Crippen LogP contribution in [0.25, 0.3) is 10.9 Å². The van der Waals surface area contributed by atoms with Gasteiger partial charge in [0.25, 0.3) is 5.69 Å². The number of hydrogen-bond donors (Lipinski definition) is 1. The largest absolute Gasteiger partial charge is 0.278 e. The smallest absolute Gasteiger partial charge is 0.271 e. The standard InChI is InChI=1S/C17H13ClN4O2/c1-11-5-6-12-8-13(17(18)20-16(12)7-11)10-19-21-14-3-2-4-15(9-14)22(23)24/h2-10,21H,1H3/b19-10+. The molecule has 120 valence electrons. The lowest BCUT2D eigenvalue weighted by atomic mass is 10.1. The normalized spacial score (nSPS) is 11.1. The molecule has 0 fully saturated rings. The monoisotopic (exact) mass is 340 g/mol. The first-order valence-electron chi connectivity index (χ1n) is 7.13. The summed E-state index contributed by atoms with van der Waals surface area (Å²) < 4.78 is 0. The predicted octanol–water partition coefficient (Wildman–Crippen LogP) is 4.55. The molecule has 3 aromatic rings. The molecule has 7 heteroatoms. The molecule has 0 aliphatic heterocycles. The molecule has 24 heavy (non-hydrogen) atoms. The second kappa shape index (κ2) is 6.64. The molecule has 0 spiro atoms. The summed E-state index contributed by atoms with van der Waals surface area (Å²) in [4.78, 5) is 14.7. The maximum absolute atomic E-state index is 10.8. The Labute approximate surface area is 142 Å². The zero-order valence-electron chi connectivity index (χ0n) is 12.7. The Balaban J connectivity index is 1.83. The Hall–Kier alpha value is -2.99. The van der Waals surface area contributed by atoms with Crippen molar-refractivity contribution in [2.24, 2.45) is 5.10 Å². The van der Waals surface area contributed by atoms with Gasteiger partial charge in [0.1, 0.15) is 5.15 Å². The van der Waals surface area contributed by atoms with E-state index >= 15 is 0 Å². The van der Waals surface area contributed by atoms with E-state index in [1.165, 1.54) is 18.3 Å². The van der Waals surface area contributed by atoms with Crippen LogP contribution in [0.4, 0.5) is 11.4 Å². The van der Waals surface area contributed by atoms with Crippen molar-refractivity contribution in [3.05, 3.63) is 74.9 Å². The van der Waals surface area contributed by atoms with E-state index in [1.54, 1.807) is 12.1 Å². The van der Waals surface area contributed by atoms with Crippen LogP contribution in [0, 0.1) is 17.0 Å². The third-order valence-electron chi connectivity index (χ3n) is 3.41. The Morgan fingerprint density at radius 1 is 1.25 bits per heavy atom. The van der Waals surface area contributed by atoms with Crippen LogP contribution in [0.2, 0.25) is 5.15 Å². The van der Waals surface area contributed by atoms with Crippen molar-refractivity contribution in [1.29, 1.82) is 0 Å². The summed E-state index contributed by atoms with van der Waals surface area (Å²) >= 11 is 6.18. The van der Waals surface area contributed by atoms with Gasteiger partial charge in [-0.15, -0.1) is 0 Å². The van der Waals surface area contributed by atoms with Crippen LogP contribution in [0.3, 0.4) is 0 Å². The minimum absolute atomic E-state index is 0.00373. The van der Waals surface area contributed by atoms with E-state index in [4.69, 9.17) is 11.6 Å². The van der Waals surface area contributed by atoms with Gasteiger partial charge in [0.05, 0.1) is 22.3 Å². The minimum atomic E-state index is -0.457. The molecule has 0 atom stereocenters. The molecule has 0 bridgehead atoms. The molecule has 0 saturated carbocycles. The fourth-order valence-corrected chi connectivity index (χ4v) is 2.42. The number of rotatable bonds is 4. The highest BCUT2D eigenvalue weighted by atomic mass is 35.5. The number of nitrogens with zero attached hydrogens (tertiary/aromatic N) is 3. The molecule has 0 aliphatic carbocycles. The summed E-state index contributed by atoms with van der Waals surface area (Å²) in [5, 5.41) is 16.1. The van der Waals surface area contributed by atoms with Gasteiger partial charge in [-0.3, -0.25) is 15.5 Å². The molecule has 0 unspecified atom stereocenters.